The van der Waals surface area contributed by atoms with Gasteiger partial charge < -0.3 is 20.5 Å². The largest absolute Gasteiger partial charge is 0.491 e. The van der Waals surface area contributed by atoms with Crippen LogP contribution >= 0.6 is 11.6 Å². The summed E-state index contributed by atoms with van der Waals surface area (Å²) in [5.41, 5.74) is 7.82. The summed E-state index contributed by atoms with van der Waals surface area (Å²) in [5, 5.41) is 14.4. The quantitative estimate of drug-likeness (QED) is 0.653. The van der Waals surface area contributed by atoms with E-state index in [-0.39, 0.29) is 36.0 Å². The molecule has 3 aromatic rings. The lowest BCUT2D eigenvalue weighted by atomic mass is 10.0. The van der Waals surface area contributed by atoms with Gasteiger partial charge in [0.05, 0.1) is 40.8 Å². The van der Waals surface area contributed by atoms with Crippen LogP contribution in [-0.4, -0.2) is 49.0 Å². The van der Waals surface area contributed by atoms with E-state index in [9.17, 15) is 14.3 Å². The predicted octanol–water partition coefficient (Wildman–Crippen LogP) is 2.99. The van der Waals surface area contributed by atoms with E-state index < -0.39 is 18.0 Å². The number of benzene rings is 1. The third-order valence-electron chi connectivity index (χ3n) is 5.03. The lowest BCUT2D eigenvalue weighted by molar-refractivity contribution is 0.137. The summed E-state index contributed by atoms with van der Waals surface area (Å²) in [6.07, 6.45) is 0.192. The molecule has 9 nitrogen and oxygen atoms in total. The molecule has 0 fully saturated rings. The first kappa shape index (κ1) is 19.2. The van der Waals surface area contributed by atoms with Gasteiger partial charge in [-0.15, -0.1) is 0 Å². The summed E-state index contributed by atoms with van der Waals surface area (Å²) >= 11 is 6.14. The molecular formula is C18H18ClFN6O3. The minimum Gasteiger partial charge on any atom is -0.491 e. The van der Waals surface area contributed by atoms with E-state index in [0.717, 1.165) is 4.90 Å². The number of nitrogens with two attached hydrogens (primary N) is 1. The van der Waals surface area contributed by atoms with E-state index in [4.69, 9.17) is 22.1 Å². The number of anilines is 1. The monoisotopic (exact) mass is 420 g/mol. The number of rotatable bonds is 2. The van der Waals surface area contributed by atoms with Gasteiger partial charge in [0.25, 0.3) is 0 Å². The zero-order valence-corrected chi connectivity index (χ0v) is 16.4. The van der Waals surface area contributed by atoms with Gasteiger partial charge in [0.1, 0.15) is 24.5 Å². The van der Waals surface area contributed by atoms with Crippen LogP contribution in [0.1, 0.15) is 29.8 Å². The van der Waals surface area contributed by atoms with E-state index in [1.54, 1.807) is 11.6 Å². The van der Waals surface area contributed by atoms with Gasteiger partial charge in [0.15, 0.2) is 11.5 Å². The second-order valence-electron chi connectivity index (χ2n) is 6.79. The molecule has 0 spiro atoms. The van der Waals surface area contributed by atoms with Crippen LogP contribution in [0.2, 0.25) is 5.02 Å². The van der Waals surface area contributed by atoms with Gasteiger partial charge in [-0.05, 0) is 19.9 Å². The second kappa shape index (κ2) is 7.03. The number of hydrogen-bond acceptors (Lipinski definition) is 6. The topological polar surface area (TPSA) is 119 Å². The van der Waals surface area contributed by atoms with Crippen LogP contribution in [0.25, 0.3) is 11.0 Å². The van der Waals surface area contributed by atoms with Crippen molar-refractivity contribution in [3.8, 4) is 5.75 Å². The molecule has 3 heterocycles. The number of fused-ring (bicyclic) bond motifs is 2. The maximum absolute atomic E-state index is 14.8. The molecule has 11 heteroatoms. The van der Waals surface area contributed by atoms with Gasteiger partial charge in [-0.25, -0.2) is 23.8 Å². The van der Waals surface area contributed by atoms with Crippen LogP contribution in [0.3, 0.4) is 0 Å². The Morgan fingerprint density at radius 3 is 2.93 bits per heavy atom. The van der Waals surface area contributed by atoms with E-state index in [1.807, 2.05) is 6.92 Å². The molecule has 29 heavy (non-hydrogen) atoms. The van der Waals surface area contributed by atoms with Crippen molar-refractivity contribution in [3.05, 3.63) is 40.1 Å². The van der Waals surface area contributed by atoms with E-state index in [0.29, 0.717) is 28.1 Å². The molecule has 0 saturated carbocycles. The number of amides is 1. The minimum absolute atomic E-state index is 0.0914. The SMILES string of the molecule is Cc1nn(C(C)c2cc(Cl)c(F)c3c2OCCN(C(=O)O)C3)c2ncnc(N)c12. The van der Waals surface area contributed by atoms with E-state index in [2.05, 4.69) is 15.1 Å². The second-order valence-corrected chi connectivity index (χ2v) is 7.19. The van der Waals surface area contributed by atoms with Gasteiger partial charge in [-0.1, -0.05) is 11.6 Å². The Morgan fingerprint density at radius 1 is 1.45 bits per heavy atom. The van der Waals surface area contributed by atoms with Crippen LogP contribution in [0.5, 0.6) is 5.75 Å². The third-order valence-corrected chi connectivity index (χ3v) is 5.31. The number of carbonyl (C=O) groups is 1. The Hall–Kier alpha value is -3.14. The first-order valence-corrected chi connectivity index (χ1v) is 9.24. The molecule has 1 aliphatic rings. The zero-order chi connectivity index (χ0) is 20.9. The fourth-order valence-corrected chi connectivity index (χ4v) is 3.80. The van der Waals surface area contributed by atoms with Crippen molar-refractivity contribution in [2.24, 2.45) is 0 Å². The molecule has 1 aromatic carbocycles. The summed E-state index contributed by atoms with van der Waals surface area (Å²) in [6, 6.07) is 1.04. The molecule has 1 amide bonds. The molecule has 0 saturated heterocycles. The van der Waals surface area contributed by atoms with Gasteiger partial charge in [0, 0.05) is 5.56 Å². The smallest absolute Gasteiger partial charge is 0.407 e. The van der Waals surface area contributed by atoms with Crippen molar-refractivity contribution in [1.29, 1.82) is 0 Å². The predicted molar refractivity (Wildman–Crippen MR) is 104 cm³/mol. The molecular weight excluding hydrogens is 403 g/mol. The van der Waals surface area contributed by atoms with E-state index >= 15 is 0 Å². The maximum Gasteiger partial charge on any atom is 0.407 e. The molecule has 0 aliphatic carbocycles. The van der Waals surface area contributed by atoms with Crippen LogP contribution in [0.4, 0.5) is 15.0 Å². The average Bonchev–Trinajstić information content (AvgIpc) is 2.87. The number of nitrogens with zero attached hydrogens (tertiary/aromatic N) is 5. The summed E-state index contributed by atoms with van der Waals surface area (Å²) in [5.74, 6) is -0.111. The maximum atomic E-state index is 14.8. The first-order valence-electron chi connectivity index (χ1n) is 8.86. The standard InChI is InChI=1S/C18H18ClFN6O3/c1-8-13-16(21)22-7-23-17(13)26(24-8)9(2)10-5-12(19)14(20)11-6-25(18(27)28)3-4-29-15(10)11/h5,7,9H,3-4,6H2,1-2H3,(H,27,28)(H2,21,22,23). The normalized spacial score (nSPS) is 15.0. The lowest BCUT2D eigenvalue weighted by Crippen LogP contribution is -2.31. The summed E-state index contributed by atoms with van der Waals surface area (Å²) in [6.45, 7) is 3.68. The van der Waals surface area contributed by atoms with Gasteiger partial charge >= 0.3 is 6.09 Å². The highest BCUT2D eigenvalue weighted by molar-refractivity contribution is 6.31. The molecule has 4 rings (SSSR count). The van der Waals surface area contributed by atoms with Crippen molar-refractivity contribution in [2.45, 2.75) is 26.4 Å². The molecule has 3 N–H and O–H groups in total. The molecule has 1 atom stereocenters. The van der Waals surface area contributed by atoms with Gasteiger partial charge in [-0.2, -0.15) is 5.10 Å². The molecule has 2 aromatic heterocycles. The molecule has 0 bridgehead atoms. The molecule has 152 valence electrons. The Labute approximate surface area is 169 Å². The fraction of sp³-hybridized carbons (Fsp3) is 0.333. The van der Waals surface area contributed by atoms with Gasteiger partial charge in [-0.3, -0.25) is 0 Å². The number of nitrogen functional groups attached to an aromatic ring is 1. The average molecular weight is 421 g/mol. The molecule has 0 radical (unpaired) electrons. The van der Waals surface area contributed by atoms with E-state index in [1.165, 1.54) is 12.4 Å². The fourth-order valence-electron chi connectivity index (χ4n) is 3.57. The summed E-state index contributed by atoms with van der Waals surface area (Å²) in [4.78, 5) is 20.8. The number of ether oxygens (including phenoxy) is 1. The third kappa shape index (κ3) is 3.09. The Bertz CT molecular complexity index is 1130. The van der Waals surface area contributed by atoms with Crippen molar-refractivity contribution in [2.75, 3.05) is 18.9 Å². The number of aryl methyl sites for hydroxylation is 1. The van der Waals surface area contributed by atoms with Crippen LogP contribution < -0.4 is 10.5 Å². The summed E-state index contributed by atoms with van der Waals surface area (Å²) < 4.78 is 22.2. The highest BCUT2D eigenvalue weighted by Gasteiger charge is 2.29. The number of carboxylic acid groups (broad SMARTS) is 1. The number of aromatic nitrogens is 4. The zero-order valence-electron chi connectivity index (χ0n) is 15.7. The highest BCUT2D eigenvalue weighted by Crippen LogP contribution is 2.39. The van der Waals surface area contributed by atoms with Gasteiger partial charge in [0.2, 0.25) is 0 Å². The molecule has 1 unspecified atom stereocenters. The van der Waals surface area contributed by atoms with Crippen LogP contribution in [-0.2, 0) is 6.54 Å². The Kier molecular flexibility index (Phi) is 4.65. The summed E-state index contributed by atoms with van der Waals surface area (Å²) in [7, 11) is 0. The van der Waals surface area contributed by atoms with Crippen molar-refractivity contribution in [3.63, 3.8) is 0 Å². The van der Waals surface area contributed by atoms with Crippen molar-refractivity contribution < 1.29 is 19.0 Å². The molecule has 1 aliphatic heterocycles. The van der Waals surface area contributed by atoms with Crippen molar-refractivity contribution in [1.82, 2.24) is 24.6 Å². The number of halogens is 2. The Morgan fingerprint density at radius 2 is 2.21 bits per heavy atom. The minimum atomic E-state index is -1.16. The van der Waals surface area contributed by atoms with Crippen LogP contribution in [0, 0.1) is 12.7 Å². The number of hydrogen-bond donors (Lipinski definition) is 2. The van der Waals surface area contributed by atoms with Crippen LogP contribution in [0.15, 0.2) is 12.4 Å². The first-order chi connectivity index (χ1) is 13.8. The highest BCUT2D eigenvalue weighted by atomic mass is 35.5. The van der Waals surface area contributed by atoms with Crippen molar-refractivity contribution >= 4 is 34.5 Å². The lowest BCUT2D eigenvalue weighted by Gasteiger charge is -2.20. The Balaban J connectivity index is 1.89.